The maximum Gasteiger partial charge on any atom is 0.344 e. The number of carbonyl (C=O) groups excluding carboxylic acids is 1. The lowest BCUT2D eigenvalue weighted by molar-refractivity contribution is -0.143. The molecule has 0 spiro atoms. The number of rotatable bonds is 12. The third-order valence-corrected chi connectivity index (χ3v) is 5.15. The van der Waals surface area contributed by atoms with Gasteiger partial charge in [0.2, 0.25) is 0 Å². The standard InChI is InChI=1S/C26H30O5/c1-2-25(27)30-17-11-6-4-3-5-10-16-29-22-15-14-21-18-23(20-12-8-7-9-13-20)26(28)31-24(21)19-22/h7-9,12-15,18-19H,2-6,10-11,16-17H2,1H3. The summed E-state index contributed by atoms with van der Waals surface area (Å²) in [6.45, 7) is 2.96. The number of fused-ring (bicyclic) bond motifs is 1. The number of esters is 1. The van der Waals surface area contributed by atoms with Gasteiger partial charge in [0.15, 0.2) is 0 Å². The largest absolute Gasteiger partial charge is 0.493 e. The minimum atomic E-state index is -0.347. The van der Waals surface area contributed by atoms with Crippen molar-refractivity contribution in [2.75, 3.05) is 13.2 Å². The first-order valence-electron chi connectivity index (χ1n) is 11.1. The smallest absolute Gasteiger partial charge is 0.344 e. The summed E-state index contributed by atoms with van der Waals surface area (Å²) < 4.78 is 16.4. The molecule has 5 heteroatoms. The van der Waals surface area contributed by atoms with Gasteiger partial charge >= 0.3 is 11.6 Å². The molecule has 164 valence electrons. The highest BCUT2D eigenvalue weighted by atomic mass is 16.5. The van der Waals surface area contributed by atoms with E-state index in [1.807, 2.05) is 48.5 Å². The highest BCUT2D eigenvalue weighted by molar-refractivity contribution is 5.82. The lowest BCUT2D eigenvalue weighted by Crippen LogP contribution is -2.03. The van der Waals surface area contributed by atoms with Crippen molar-refractivity contribution in [1.29, 1.82) is 0 Å². The third kappa shape index (κ3) is 6.99. The molecule has 0 amide bonds. The molecule has 0 aliphatic carbocycles. The van der Waals surface area contributed by atoms with E-state index in [9.17, 15) is 9.59 Å². The Bertz CT molecular complexity index is 1020. The van der Waals surface area contributed by atoms with Crippen LogP contribution in [0.2, 0.25) is 0 Å². The molecule has 5 nitrogen and oxygen atoms in total. The van der Waals surface area contributed by atoms with Gasteiger partial charge in [-0.2, -0.15) is 0 Å². The SMILES string of the molecule is CCC(=O)OCCCCCCCCOc1ccc2cc(-c3ccccc3)c(=O)oc2c1. The van der Waals surface area contributed by atoms with E-state index in [0.29, 0.717) is 36.5 Å². The highest BCUT2D eigenvalue weighted by Crippen LogP contribution is 2.24. The summed E-state index contributed by atoms with van der Waals surface area (Å²) in [6.07, 6.45) is 6.78. The molecule has 0 saturated carbocycles. The Morgan fingerprint density at radius 1 is 0.871 bits per heavy atom. The quantitative estimate of drug-likeness (QED) is 0.199. The number of hydrogen-bond acceptors (Lipinski definition) is 5. The van der Waals surface area contributed by atoms with E-state index >= 15 is 0 Å². The molecule has 0 saturated heterocycles. The van der Waals surface area contributed by atoms with Crippen LogP contribution in [0.25, 0.3) is 22.1 Å². The third-order valence-electron chi connectivity index (χ3n) is 5.15. The molecule has 0 atom stereocenters. The molecule has 0 radical (unpaired) electrons. The zero-order valence-electron chi connectivity index (χ0n) is 18.1. The molecular weight excluding hydrogens is 392 g/mol. The van der Waals surface area contributed by atoms with Crippen molar-refractivity contribution < 1.29 is 18.7 Å². The fourth-order valence-electron chi connectivity index (χ4n) is 3.39. The molecule has 2 aromatic carbocycles. The van der Waals surface area contributed by atoms with Crippen LogP contribution in [0.15, 0.2) is 63.8 Å². The zero-order valence-corrected chi connectivity index (χ0v) is 18.1. The fourth-order valence-corrected chi connectivity index (χ4v) is 3.39. The molecular formula is C26H30O5. The lowest BCUT2D eigenvalue weighted by atomic mass is 10.1. The van der Waals surface area contributed by atoms with Crippen LogP contribution in [-0.2, 0) is 9.53 Å². The van der Waals surface area contributed by atoms with Crippen molar-refractivity contribution in [1.82, 2.24) is 0 Å². The molecule has 1 heterocycles. The molecule has 0 aliphatic heterocycles. The molecule has 0 N–H and O–H groups in total. The van der Waals surface area contributed by atoms with Crippen LogP contribution in [0.4, 0.5) is 0 Å². The summed E-state index contributed by atoms with van der Waals surface area (Å²) in [6, 6.07) is 17.0. The van der Waals surface area contributed by atoms with Gasteiger partial charge < -0.3 is 13.9 Å². The second-order valence-electron chi connectivity index (χ2n) is 7.56. The van der Waals surface area contributed by atoms with E-state index in [-0.39, 0.29) is 11.6 Å². The van der Waals surface area contributed by atoms with Crippen LogP contribution in [0.3, 0.4) is 0 Å². The number of ether oxygens (including phenoxy) is 2. The van der Waals surface area contributed by atoms with Gasteiger partial charge in [0.25, 0.3) is 0 Å². The fraction of sp³-hybridized carbons (Fsp3) is 0.385. The van der Waals surface area contributed by atoms with Crippen molar-refractivity contribution in [3.05, 3.63) is 65.0 Å². The van der Waals surface area contributed by atoms with Crippen LogP contribution in [0.5, 0.6) is 5.75 Å². The second-order valence-corrected chi connectivity index (χ2v) is 7.56. The number of carbonyl (C=O) groups is 1. The van der Waals surface area contributed by atoms with E-state index in [2.05, 4.69) is 0 Å². The summed E-state index contributed by atoms with van der Waals surface area (Å²) >= 11 is 0. The summed E-state index contributed by atoms with van der Waals surface area (Å²) in [5.41, 5.74) is 1.59. The van der Waals surface area contributed by atoms with Crippen LogP contribution in [0, 0.1) is 0 Å². The van der Waals surface area contributed by atoms with Gasteiger partial charge in [-0.15, -0.1) is 0 Å². The first-order valence-corrected chi connectivity index (χ1v) is 11.1. The molecule has 31 heavy (non-hydrogen) atoms. The van der Waals surface area contributed by atoms with Gasteiger partial charge in [-0.3, -0.25) is 4.79 Å². The molecule has 3 aromatic rings. The minimum absolute atomic E-state index is 0.123. The van der Waals surface area contributed by atoms with Gasteiger partial charge in [-0.25, -0.2) is 4.79 Å². The Morgan fingerprint density at radius 2 is 1.58 bits per heavy atom. The summed E-state index contributed by atoms with van der Waals surface area (Å²) in [5, 5.41) is 0.871. The predicted molar refractivity (Wildman–Crippen MR) is 122 cm³/mol. The molecule has 3 rings (SSSR count). The molecule has 0 aliphatic rings. The van der Waals surface area contributed by atoms with Gasteiger partial charge in [0, 0.05) is 17.9 Å². The van der Waals surface area contributed by atoms with Crippen molar-refractivity contribution in [3.63, 3.8) is 0 Å². The molecule has 0 bridgehead atoms. The average molecular weight is 423 g/mol. The van der Waals surface area contributed by atoms with Gasteiger partial charge in [-0.05, 0) is 36.6 Å². The molecule has 0 unspecified atom stereocenters. The summed E-state index contributed by atoms with van der Waals surface area (Å²) in [7, 11) is 0. The van der Waals surface area contributed by atoms with Crippen molar-refractivity contribution in [2.24, 2.45) is 0 Å². The van der Waals surface area contributed by atoms with Crippen LogP contribution in [0.1, 0.15) is 51.9 Å². The Balaban J connectivity index is 1.40. The average Bonchev–Trinajstić information content (AvgIpc) is 2.80. The van der Waals surface area contributed by atoms with Gasteiger partial charge in [-0.1, -0.05) is 62.9 Å². The van der Waals surface area contributed by atoms with Crippen LogP contribution in [-0.4, -0.2) is 19.2 Å². The lowest BCUT2D eigenvalue weighted by Gasteiger charge is -2.08. The number of unbranched alkanes of at least 4 members (excludes halogenated alkanes) is 5. The maximum atomic E-state index is 12.4. The monoisotopic (exact) mass is 422 g/mol. The summed E-state index contributed by atoms with van der Waals surface area (Å²) in [4.78, 5) is 23.4. The van der Waals surface area contributed by atoms with Crippen molar-refractivity contribution >= 4 is 16.9 Å². The zero-order chi connectivity index (χ0) is 21.9. The highest BCUT2D eigenvalue weighted by Gasteiger charge is 2.08. The van der Waals surface area contributed by atoms with Gasteiger partial charge in [0.05, 0.1) is 18.8 Å². The Hall–Kier alpha value is -3.08. The van der Waals surface area contributed by atoms with E-state index in [4.69, 9.17) is 13.9 Å². The minimum Gasteiger partial charge on any atom is -0.493 e. The van der Waals surface area contributed by atoms with Crippen LogP contribution < -0.4 is 10.4 Å². The Kier molecular flexibility index (Phi) is 8.71. The Morgan fingerprint density at radius 3 is 2.32 bits per heavy atom. The molecule has 1 aromatic heterocycles. The van der Waals surface area contributed by atoms with E-state index < -0.39 is 0 Å². The van der Waals surface area contributed by atoms with E-state index in [1.165, 1.54) is 0 Å². The van der Waals surface area contributed by atoms with E-state index in [0.717, 1.165) is 49.5 Å². The first kappa shape index (κ1) is 22.6. The normalized spacial score (nSPS) is 10.9. The number of benzene rings is 2. The van der Waals surface area contributed by atoms with Gasteiger partial charge in [0.1, 0.15) is 11.3 Å². The second kappa shape index (κ2) is 11.9. The first-order chi connectivity index (χ1) is 15.2. The molecule has 0 fully saturated rings. The van der Waals surface area contributed by atoms with Crippen molar-refractivity contribution in [3.8, 4) is 16.9 Å². The van der Waals surface area contributed by atoms with Crippen molar-refractivity contribution in [2.45, 2.75) is 51.9 Å². The topological polar surface area (TPSA) is 65.7 Å². The summed E-state index contributed by atoms with van der Waals surface area (Å²) in [5.74, 6) is 0.586. The predicted octanol–water partition coefficient (Wildman–Crippen LogP) is 6.13. The maximum absolute atomic E-state index is 12.4. The Labute approximate surface area is 183 Å². The van der Waals surface area contributed by atoms with E-state index in [1.54, 1.807) is 13.0 Å². The number of hydrogen-bond donors (Lipinski definition) is 0. The van der Waals surface area contributed by atoms with Crippen LogP contribution >= 0.6 is 0 Å².